The highest BCUT2D eigenvalue weighted by molar-refractivity contribution is 8.00. The van der Waals surface area contributed by atoms with E-state index in [0.29, 0.717) is 69.9 Å². The Kier molecular flexibility index (Phi) is 40.5. The molecule has 0 saturated carbocycles. The number of fused-ring (bicyclic) bond motifs is 4. The normalized spacial score (nSPS) is 24.3. The molecule has 0 spiro atoms. The lowest BCUT2D eigenvalue weighted by molar-refractivity contribution is -0.149. The highest BCUT2D eigenvalue weighted by atomic mass is 32.2. The van der Waals surface area contributed by atoms with Crippen LogP contribution in [0.2, 0.25) is 0 Å². The zero-order valence-corrected chi connectivity index (χ0v) is 80.4. The van der Waals surface area contributed by atoms with Crippen molar-refractivity contribution in [1.29, 1.82) is 0 Å². The van der Waals surface area contributed by atoms with Gasteiger partial charge in [-0.3, -0.25) is 81.5 Å². The van der Waals surface area contributed by atoms with Crippen LogP contribution in [0, 0.1) is 11.8 Å². The molecule has 19 N–H and O–H groups in total. The number of amides is 17. The van der Waals surface area contributed by atoms with Crippen LogP contribution in [0.3, 0.4) is 0 Å². The molecule has 9 rings (SSSR count). The zero-order chi connectivity index (χ0) is 100. The lowest BCUT2D eigenvalue weighted by Crippen LogP contribution is -2.61. The Hall–Kier alpha value is -13.2. The quantitative estimate of drug-likeness (QED) is 0.0353. The molecule has 5 heterocycles. The molecule has 0 bridgehead atoms. The van der Waals surface area contributed by atoms with Crippen molar-refractivity contribution in [3.05, 3.63) is 132 Å². The Balaban J connectivity index is 1.07. The van der Waals surface area contributed by atoms with Gasteiger partial charge in [-0.15, -0.1) is 11.8 Å². The molecule has 2 aromatic heterocycles. The number of carbonyl (C=O) groups excluding carboxylic acids is 17. The number of carbonyl (C=O) groups is 17. The Labute approximate surface area is 800 Å². The number of aromatic hydroxyl groups is 1. The number of aliphatic hydroxyl groups is 1. The summed E-state index contributed by atoms with van der Waals surface area (Å²) in [7, 11) is 4.04. The fraction of sp³-hybridized carbons (Fsp3) is 0.531. The smallest absolute Gasteiger partial charge is 0.246 e. The van der Waals surface area contributed by atoms with Crippen molar-refractivity contribution in [2.75, 3.05) is 72.0 Å². The number of aromatic amines is 2. The van der Waals surface area contributed by atoms with Crippen LogP contribution in [-0.2, 0) is 101 Å². The lowest BCUT2D eigenvalue weighted by atomic mass is 9.99. The monoisotopic (exact) mass is 1920 g/mol. The first kappa shape index (κ1) is 107. The van der Waals surface area contributed by atoms with Gasteiger partial charge < -0.3 is 119 Å². The van der Waals surface area contributed by atoms with Crippen LogP contribution in [0.1, 0.15) is 149 Å². The minimum atomic E-state index is -1.76. The predicted octanol–water partition coefficient (Wildman–Crippen LogP) is 0.584. The highest BCUT2D eigenvalue weighted by Gasteiger charge is 2.46. The number of H-pyrrole nitrogens is 2. The second-order valence-electron chi connectivity index (χ2n) is 36.2. The van der Waals surface area contributed by atoms with Crippen molar-refractivity contribution in [1.82, 2.24) is 93.0 Å². The summed E-state index contributed by atoms with van der Waals surface area (Å²) in [4.78, 5) is 262. The van der Waals surface area contributed by atoms with Gasteiger partial charge >= 0.3 is 0 Å². The van der Waals surface area contributed by atoms with Crippen LogP contribution in [0.15, 0.2) is 116 Å². The average Bonchev–Trinajstić information content (AvgIpc) is 1.71. The van der Waals surface area contributed by atoms with Crippen LogP contribution >= 0.6 is 11.8 Å². The number of likely N-dealkylation sites (N-methyl/N-ethyl adjacent to an activating group) is 3. The number of ether oxygens (including phenoxy) is 1. The van der Waals surface area contributed by atoms with Gasteiger partial charge in [-0.1, -0.05) is 134 Å². The summed E-state index contributed by atoms with van der Waals surface area (Å²) in [6.45, 7) is 11.3. The zero-order valence-electron chi connectivity index (χ0n) is 79.6. The van der Waals surface area contributed by atoms with E-state index in [1.807, 2.05) is 32.0 Å². The minimum absolute atomic E-state index is 0.00203. The molecule has 0 aliphatic carbocycles. The molecule has 15 atom stereocenters. The van der Waals surface area contributed by atoms with Crippen LogP contribution in [0.4, 0.5) is 0 Å². The van der Waals surface area contributed by atoms with Crippen molar-refractivity contribution >= 4 is 134 Å². The fourth-order valence-corrected chi connectivity index (χ4v) is 17.9. The molecule has 744 valence electrons. The van der Waals surface area contributed by atoms with Gasteiger partial charge in [-0.2, -0.15) is 0 Å². The van der Waals surface area contributed by atoms with Gasteiger partial charge in [-0.25, -0.2) is 0 Å². The highest BCUT2D eigenvalue weighted by Crippen LogP contribution is 2.28. The van der Waals surface area contributed by atoms with E-state index in [1.54, 1.807) is 108 Å². The van der Waals surface area contributed by atoms with Gasteiger partial charge in [0, 0.05) is 106 Å². The number of para-hydroxylation sites is 3. The summed E-state index contributed by atoms with van der Waals surface area (Å²) >= 11 is 0.819. The Morgan fingerprint density at radius 2 is 1.08 bits per heavy atom. The molecule has 3 saturated heterocycles. The van der Waals surface area contributed by atoms with E-state index in [0.717, 1.165) is 26.5 Å². The van der Waals surface area contributed by atoms with Crippen LogP contribution in [0.25, 0.3) is 21.8 Å². The summed E-state index contributed by atoms with van der Waals surface area (Å²) < 4.78 is 5.82. The predicted molar refractivity (Wildman–Crippen MR) is 511 cm³/mol. The maximum atomic E-state index is 15.7. The van der Waals surface area contributed by atoms with Crippen molar-refractivity contribution < 1.29 is 96.5 Å². The number of nitrogens with two attached hydrogens (primary N) is 2. The van der Waals surface area contributed by atoms with E-state index in [1.165, 1.54) is 62.1 Å². The number of aromatic nitrogens is 2. The van der Waals surface area contributed by atoms with Crippen molar-refractivity contribution in [2.45, 2.75) is 242 Å². The van der Waals surface area contributed by atoms with Gasteiger partial charge in [0.2, 0.25) is 100 Å². The number of phenolic OH excluding ortho intramolecular Hbond substituents is 1. The first-order valence-corrected chi connectivity index (χ1v) is 47.9. The summed E-state index contributed by atoms with van der Waals surface area (Å²) in [5, 5.41) is 52.6. The number of rotatable bonds is 26. The first-order valence-electron chi connectivity index (χ1n) is 46.7. The third kappa shape index (κ3) is 30.7. The molecule has 40 nitrogen and oxygen atoms in total. The number of thioether (sulfide) groups is 1. The van der Waals surface area contributed by atoms with Crippen molar-refractivity contribution in [2.24, 2.45) is 23.3 Å². The molecule has 41 heteroatoms. The fourth-order valence-electron chi connectivity index (χ4n) is 17.0. The van der Waals surface area contributed by atoms with Gasteiger partial charge in [0.15, 0.2) is 0 Å². The molecule has 6 aromatic rings. The molecule has 0 radical (unpaired) electrons. The number of unbranched alkanes of at least 4 members (excludes halogenated alkanes) is 2. The number of benzene rings is 4. The van der Waals surface area contributed by atoms with Gasteiger partial charge in [0.1, 0.15) is 96.6 Å². The van der Waals surface area contributed by atoms with Crippen LogP contribution in [0.5, 0.6) is 11.5 Å². The maximum Gasteiger partial charge on any atom is 0.246 e. The van der Waals surface area contributed by atoms with Gasteiger partial charge in [0.25, 0.3) is 0 Å². The largest absolute Gasteiger partial charge is 0.508 e. The van der Waals surface area contributed by atoms with E-state index in [-0.39, 0.29) is 94.9 Å². The standard InChI is InChI=1S/C96H134N20O20S/c1-12-14-30-76-89(128)106-68(38-54(3)4)87(126)111-75(86(125)102-48-81(120)103-56(7)51-136-63-24-17-16-18-25-63)52-137-53-83(122)105-71(40-58-33-35-61(117)36-34-58)92(131)112(9)57(8)84(123)108-73(44-80(98)119)94(133)115-37-23-32-77(115)90(129)110-74(45-97)88(127)109-70(39-55(5)6)95(134)116-50-62(118)43-79(116)91(130)107-69(41-59-46-99-66-28-21-19-26-64(59)66)85(124)101-49-82(121)104-72(42-60-47-100-67-29-22-20-27-65(60)67)93(132)114(11)78(31-15-13-2)96(135)113(76)10/h16-22,24-29,33-36,46-47,54-57,62,68-79,99-100,117-118H,12-15,23,30-32,37-45,48-53,97H2,1-11H3,(H2,98,119)(H,101,124)(H,102,125)(H,103,120)(H,104,121)(H,105,122)(H,106,128)(H,107,130)(H,108,123)(H,109,127)(H,110,129)(H,111,126)/t56?,57-,62+,68-,69-,70-,71-,72?,73-,74-,75-,76-,77-,78-,79-/m0/s1. The molecule has 4 aromatic carbocycles. The third-order valence-corrected chi connectivity index (χ3v) is 25.6. The van der Waals surface area contributed by atoms with Gasteiger partial charge in [-0.05, 0) is 117 Å². The number of primary amides is 1. The molecular weight excluding hydrogens is 1790 g/mol. The summed E-state index contributed by atoms with van der Waals surface area (Å²) in [6, 6.07) is 9.06. The lowest BCUT2D eigenvalue weighted by Gasteiger charge is -2.36. The minimum Gasteiger partial charge on any atom is -0.508 e. The summed E-state index contributed by atoms with van der Waals surface area (Å²) in [6.07, 6.45) is 2.25. The summed E-state index contributed by atoms with van der Waals surface area (Å²) in [5.41, 5.74) is 14.8. The second kappa shape index (κ2) is 51.7. The van der Waals surface area contributed by atoms with Crippen LogP contribution < -0.4 is 74.7 Å². The number of nitrogens with one attached hydrogen (secondary N) is 13. The molecule has 3 aliphatic rings. The maximum absolute atomic E-state index is 15.7. The number of aliphatic hydroxyl groups excluding tert-OH is 1. The Morgan fingerprint density at radius 3 is 1.70 bits per heavy atom. The number of phenols is 1. The number of nitrogens with zero attached hydrogens (tertiary/aromatic N) is 5. The van der Waals surface area contributed by atoms with E-state index in [9.17, 15) is 58.2 Å². The molecule has 3 fully saturated rings. The van der Waals surface area contributed by atoms with E-state index in [2.05, 4.69) is 68.5 Å². The number of hydrogen-bond donors (Lipinski definition) is 17. The molecule has 137 heavy (non-hydrogen) atoms. The van der Waals surface area contributed by atoms with E-state index >= 15 is 33.6 Å². The molecule has 3 aliphatic heterocycles. The molecular formula is C96H134N20O20S. The molecule has 17 amide bonds. The van der Waals surface area contributed by atoms with Crippen LogP contribution in [-0.4, -0.2) is 308 Å². The first-order chi connectivity index (χ1) is 65.3. The van der Waals surface area contributed by atoms with Crippen molar-refractivity contribution in [3.63, 3.8) is 0 Å². The summed E-state index contributed by atoms with van der Waals surface area (Å²) in [5.74, 6) is -15.9. The number of hydrogen-bond acceptors (Lipinski definition) is 22. The Bertz CT molecular complexity index is 5230. The van der Waals surface area contributed by atoms with Crippen molar-refractivity contribution in [3.8, 4) is 11.5 Å². The second-order valence-corrected chi connectivity index (χ2v) is 37.3. The molecule has 2 unspecified atom stereocenters. The third-order valence-electron chi connectivity index (χ3n) is 24.6. The SMILES string of the molecule is CCCC[C@H]1C(=O)N(C)[C@@H](CCCC)C(=O)N[C@@H](CC(C)C)C(=O)N[C@H](C(=O)NCC(=O)NC(C)COc2ccccc2)CSCC(=O)N[C@@H](Cc2ccc(O)cc2)C(=O)N(C)[C@@H](C)C(=O)N[C@@H](CC(N)=O)C(=O)N2CCC[C@H]2C(=O)N[C@@H](CN)C(=O)N[C@@H](CC(C)C)C(=O)N2C[C@H](O)C[C@H]2C(=O)N[C@@H](Cc2c[nH]c3ccccc23)C(=O)NCC(=O)NC(Cc2c[nH]c3ccccc23)C(=O)N1C. The van der Waals surface area contributed by atoms with E-state index < -0.39 is 235 Å². The Morgan fingerprint density at radius 1 is 0.547 bits per heavy atom. The van der Waals surface area contributed by atoms with Gasteiger partial charge in [0.05, 0.1) is 37.4 Å². The van der Waals surface area contributed by atoms with E-state index in [4.69, 9.17) is 16.2 Å². The average molecular weight is 1920 g/mol. The topological polar surface area (TPSA) is 572 Å².